The number of ether oxygens (including phenoxy) is 1. The maximum atomic E-state index is 5.27. The Labute approximate surface area is 87.2 Å². The molecule has 0 aromatic heterocycles. The molecular formula is C11H13BrO. The quantitative estimate of drug-likeness (QED) is 0.731. The summed E-state index contributed by atoms with van der Waals surface area (Å²) in [6.07, 6.45) is 2.48. The summed E-state index contributed by atoms with van der Waals surface area (Å²) in [5.41, 5.74) is 2.93. The standard InChI is InChI=1S/C11H13BrO/c1-7-3-4-8-5-10(12)11(13-2)6-9(7)8/h5-7H,3-4H2,1-2H3/t7-/m1/s1. The first-order valence-corrected chi connectivity index (χ1v) is 5.38. The molecule has 2 rings (SSSR count). The van der Waals surface area contributed by atoms with Crippen LogP contribution in [0.2, 0.25) is 0 Å². The molecule has 0 aliphatic heterocycles. The Balaban J connectivity index is 2.51. The summed E-state index contributed by atoms with van der Waals surface area (Å²) in [5, 5.41) is 0. The van der Waals surface area contributed by atoms with Crippen LogP contribution >= 0.6 is 15.9 Å². The van der Waals surface area contributed by atoms with Crippen LogP contribution in [0.1, 0.15) is 30.4 Å². The van der Waals surface area contributed by atoms with Crippen molar-refractivity contribution in [3.63, 3.8) is 0 Å². The van der Waals surface area contributed by atoms with Crippen molar-refractivity contribution in [3.8, 4) is 5.75 Å². The molecule has 1 atom stereocenters. The van der Waals surface area contributed by atoms with Crippen molar-refractivity contribution in [2.75, 3.05) is 7.11 Å². The highest BCUT2D eigenvalue weighted by Crippen LogP contribution is 2.38. The molecular weight excluding hydrogens is 228 g/mol. The van der Waals surface area contributed by atoms with Crippen LogP contribution in [-0.4, -0.2) is 7.11 Å². The molecule has 2 heteroatoms. The minimum absolute atomic E-state index is 0.692. The Morgan fingerprint density at radius 3 is 2.92 bits per heavy atom. The molecule has 1 nitrogen and oxygen atoms in total. The van der Waals surface area contributed by atoms with Crippen LogP contribution in [-0.2, 0) is 6.42 Å². The topological polar surface area (TPSA) is 9.23 Å². The van der Waals surface area contributed by atoms with Crippen molar-refractivity contribution < 1.29 is 4.74 Å². The van der Waals surface area contributed by atoms with E-state index in [0.29, 0.717) is 5.92 Å². The molecule has 70 valence electrons. The lowest BCUT2D eigenvalue weighted by molar-refractivity contribution is 0.411. The van der Waals surface area contributed by atoms with Crippen molar-refractivity contribution in [2.45, 2.75) is 25.7 Å². The number of methoxy groups -OCH3 is 1. The largest absolute Gasteiger partial charge is 0.496 e. The van der Waals surface area contributed by atoms with E-state index in [2.05, 4.69) is 35.0 Å². The predicted octanol–water partition coefficient (Wildman–Crippen LogP) is 3.51. The predicted molar refractivity (Wildman–Crippen MR) is 57.4 cm³/mol. The molecule has 1 aliphatic rings. The molecule has 0 saturated heterocycles. The lowest BCUT2D eigenvalue weighted by Gasteiger charge is -2.09. The minimum atomic E-state index is 0.692. The average molecular weight is 241 g/mol. The molecule has 0 heterocycles. The SMILES string of the molecule is COc1cc2c(cc1Br)CC[C@H]2C. The summed E-state index contributed by atoms with van der Waals surface area (Å²) in [4.78, 5) is 0. The third kappa shape index (κ3) is 1.48. The zero-order valence-electron chi connectivity index (χ0n) is 7.93. The number of hydrogen-bond donors (Lipinski definition) is 0. The van der Waals surface area contributed by atoms with Gasteiger partial charge >= 0.3 is 0 Å². The number of hydrogen-bond acceptors (Lipinski definition) is 1. The second-order valence-corrected chi connectivity index (χ2v) is 4.48. The lowest BCUT2D eigenvalue weighted by atomic mass is 10.0. The van der Waals surface area contributed by atoms with Crippen LogP contribution in [0.3, 0.4) is 0 Å². The van der Waals surface area contributed by atoms with Gasteiger partial charge < -0.3 is 4.74 Å². The van der Waals surface area contributed by atoms with E-state index in [4.69, 9.17) is 4.74 Å². The number of aryl methyl sites for hydroxylation is 1. The Morgan fingerprint density at radius 1 is 1.46 bits per heavy atom. The maximum absolute atomic E-state index is 5.27. The maximum Gasteiger partial charge on any atom is 0.133 e. The van der Waals surface area contributed by atoms with Gasteiger partial charge in [0, 0.05) is 0 Å². The second-order valence-electron chi connectivity index (χ2n) is 3.63. The van der Waals surface area contributed by atoms with E-state index in [-0.39, 0.29) is 0 Å². The minimum Gasteiger partial charge on any atom is -0.496 e. The van der Waals surface area contributed by atoms with E-state index in [1.54, 1.807) is 7.11 Å². The van der Waals surface area contributed by atoms with Gasteiger partial charge in [0.1, 0.15) is 5.75 Å². The average Bonchev–Trinajstić information content (AvgIpc) is 2.46. The van der Waals surface area contributed by atoms with E-state index in [1.807, 2.05) is 0 Å². The number of fused-ring (bicyclic) bond motifs is 1. The van der Waals surface area contributed by atoms with Crippen molar-refractivity contribution in [1.29, 1.82) is 0 Å². The van der Waals surface area contributed by atoms with E-state index in [9.17, 15) is 0 Å². The van der Waals surface area contributed by atoms with Gasteiger partial charge in [-0.15, -0.1) is 0 Å². The van der Waals surface area contributed by atoms with Crippen LogP contribution in [0, 0.1) is 0 Å². The van der Waals surface area contributed by atoms with E-state index < -0.39 is 0 Å². The van der Waals surface area contributed by atoms with Gasteiger partial charge in [-0.25, -0.2) is 0 Å². The molecule has 0 unspecified atom stereocenters. The zero-order chi connectivity index (χ0) is 9.42. The molecule has 1 aromatic rings. The van der Waals surface area contributed by atoms with E-state index in [0.717, 1.165) is 10.2 Å². The van der Waals surface area contributed by atoms with Gasteiger partial charge in [0.15, 0.2) is 0 Å². The summed E-state index contributed by atoms with van der Waals surface area (Å²) < 4.78 is 6.34. The molecule has 13 heavy (non-hydrogen) atoms. The number of benzene rings is 1. The van der Waals surface area contributed by atoms with Gasteiger partial charge in [0.25, 0.3) is 0 Å². The molecule has 1 aromatic carbocycles. The highest BCUT2D eigenvalue weighted by atomic mass is 79.9. The van der Waals surface area contributed by atoms with E-state index >= 15 is 0 Å². The molecule has 0 amide bonds. The highest BCUT2D eigenvalue weighted by molar-refractivity contribution is 9.10. The fourth-order valence-corrected chi connectivity index (χ4v) is 2.52. The lowest BCUT2D eigenvalue weighted by Crippen LogP contribution is -1.90. The fraction of sp³-hybridized carbons (Fsp3) is 0.455. The Hall–Kier alpha value is -0.500. The summed E-state index contributed by atoms with van der Waals surface area (Å²) >= 11 is 3.50. The van der Waals surface area contributed by atoms with Gasteiger partial charge in [-0.3, -0.25) is 0 Å². The second kappa shape index (κ2) is 3.33. The van der Waals surface area contributed by atoms with E-state index in [1.165, 1.54) is 24.0 Å². The molecule has 0 spiro atoms. The first-order valence-electron chi connectivity index (χ1n) is 4.58. The van der Waals surface area contributed by atoms with Crippen LogP contribution in [0.4, 0.5) is 0 Å². The van der Waals surface area contributed by atoms with Crippen molar-refractivity contribution in [1.82, 2.24) is 0 Å². The Bertz CT molecular complexity index is 333. The van der Waals surface area contributed by atoms with Gasteiger partial charge in [0.2, 0.25) is 0 Å². The fourth-order valence-electron chi connectivity index (χ4n) is 1.97. The first kappa shape index (κ1) is 9.07. The van der Waals surface area contributed by atoms with Crippen LogP contribution in [0.5, 0.6) is 5.75 Å². The van der Waals surface area contributed by atoms with Gasteiger partial charge in [0.05, 0.1) is 11.6 Å². The van der Waals surface area contributed by atoms with Crippen molar-refractivity contribution in [2.24, 2.45) is 0 Å². The third-order valence-corrected chi connectivity index (χ3v) is 3.41. The summed E-state index contributed by atoms with van der Waals surface area (Å²) in [5.74, 6) is 1.64. The van der Waals surface area contributed by atoms with Gasteiger partial charge in [-0.05, 0) is 57.9 Å². The van der Waals surface area contributed by atoms with Gasteiger partial charge in [-0.2, -0.15) is 0 Å². The van der Waals surface area contributed by atoms with Crippen molar-refractivity contribution >= 4 is 15.9 Å². The van der Waals surface area contributed by atoms with Crippen LogP contribution in [0.25, 0.3) is 0 Å². The normalized spacial score (nSPS) is 20.1. The number of halogens is 1. The highest BCUT2D eigenvalue weighted by Gasteiger charge is 2.20. The van der Waals surface area contributed by atoms with Crippen LogP contribution in [0.15, 0.2) is 16.6 Å². The Kier molecular flexibility index (Phi) is 2.33. The van der Waals surface area contributed by atoms with Gasteiger partial charge in [-0.1, -0.05) is 6.92 Å². The van der Waals surface area contributed by atoms with Crippen molar-refractivity contribution in [3.05, 3.63) is 27.7 Å². The smallest absolute Gasteiger partial charge is 0.133 e. The van der Waals surface area contributed by atoms with Crippen LogP contribution < -0.4 is 4.74 Å². The Morgan fingerprint density at radius 2 is 2.23 bits per heavy atom. The molecule has 0 fully saturated rings. The number of rotatable bonds is 1. The third-order valence-electron chi connectivity index (χ3n) is 2.79. The molecule has 0 bridgehead atoms. The monoisotopic (exact) mass is 240 g/mol. The zero-order valence-corrected chi connectivity index (χ0v) is 9.52. The molecule has 0 radical (unpaired) electrons. The summed E-state index contributed by atoms with van der Waals surface area (Å²) in [6.45, 7) is 2.28. The summed E-state index contributed by atoms with van der Waals surface area (Å²) in [6, 6.07) is 4.36. The molecule has 0 N–H and O–H groups in total. The summed E-state index contributed by atoms with van der Waals surface area (Å²) in [7, 11) is 1.71. The molecule has 1 aliphatic carbocycles. The first-order chi connectivity index (χ1) is 6.22. The molecule has 0 saturated carbocycles.